The summed E-state index contributed by atoms with van der Waals surface area (Å²) in [5.41, 5.74) is 0. The molecule has 1 aromatic heterocycles. The van der Waals surface area contributed by atoms with Gasteiger partial charge in [-0.05, 0) is 0 Å². The molecular formula is C7H10N4O. The first-order valence-electron chi connectivity index (χ1n) is 3.41. The quantitative estimate of drug-likeness (QED) is 0.488. The maximum absolute atomic E-state index is 4.88. The highest BCUT2D eigenvalue weighted by atomic mass is 16.4. The van der Waals surface area contributed by atoms with Gasteiger partial charge in [0, 0.05) is 26.4 Å². The van der Waals surface area contributed by atoms with E-state index >= 15 is 0 Å². The Hall–Kier alpha value is -1.65. The van der Waals surface area contributed by atoms with Crippen molar-refractivity contribution in [3.05, 3.63) is 18.5 Å². The number of aliphatic imine (C=N–C) groups is 1. The lowest BCUT2D eigenvalue weighted by molar-refractivity contribution is 0.541. The van der Waals surface area contributed by atoms with Crippen LogP contribution in [0.25, 0.3) is 6.08 Å². The molecule has 0 unspecified atom stereocenters. The number of rotatable bonds is 3. The minimum atomic E-state index is 0.478. The Labute approximate surface area is 70.4 Å². The Morgan fingerprint density at radius 1 is 1.67 bits per heavy atom. The minimum Gasteiger partial charge on any atom is -0.424 e. The first kappa shape index (κ1) is 8.45. The SMILES string of the molecule is CN=CN(C)C=Cc1nnco1. The molecule has 64 valence electrons. The van der Waals surface area contributed by atoms with Gasteiger partial charge in [0.15, 0.2) is 0 Å². The minimum absolute atomic E-state index is 0.478. The Morgan fingerprint density at radius 2 is 2.50 bits per heavy atom. The van der Waals surface area contributed by atoms with Crippen molar-refractivity contribution in [3.63, 3.8) is 0 Å². The van der Waals surface area contributed by atoms with Crippen LogP contribution < -0.4 is 0 Å². The van der Waals surface area contributed by atoms with Crippen molar-refractivity contribution >= 4 is 12.4 Å². The van der Waals surface area contributed by atoms with E-state index in [0.29, 0.717) is 5.89 Å². The molecule has 1 rings (SSSR count). The second-order valence-corrected chi connectivity index (χ2v) is 2.13. The maximum Gasteiger partial charge on any atom is 0.241 e. The van der Waals surface area contributed by atoms with E-state index in [1.54, 1.807) is 30.6 Å². The van der Waals surface area contributed by atoms with Gasteiger partial charge in [-0.1, -0.05) is 0 Å². The largest absolute Gasteiger partial charge is 0.424 e. The van der Waals surface area contributed by atoms with Gasteiger partial charge in [-0.3, -0.25) is 4.99 Å². The lowest BCUT2D eigenvalue weighted by Gasteiger charge is -2.02. The van der Waals surface area contributed by atoms with Crippen molar-refractivity contribution in [2.75, 3.05) is 14.1 Å². The van der Waals surface area contributed by atoms with Crippen LogP contribution in [0.4, 0.5) is 0 Å². The number of hydrogen-bond donors (Lipinski definition) is 0. The van der Waals surface area contributed by atoms with E-state index in [9.17, 15) is 0 Å². The Morgan fingerprint density at radius 3 is 3.08 bits per heavy atom. The molecule has 0 aliphatic carbocycles. The zero-order valence-electron chi connectivity index (χ0n) is 7.01. The third-order valence-electron chi connectivity index (χ3n) is 1.13. The molecule has 1 aromatic rings. The van der Waals surface area contributed by atoms with Crippen LogP contribution in [-0.4, -0.2) is 35.5 Å². The molecule has 0 aliphatic heterocycles. The molecule has 0 atom stereocenters. The van der Waals surface area contributed by atoms with Crippen molar-refractivity contribution in [1.82, 2.24) is 15.1 Å². The molecule has 0 amide bonds. The van der Waals surface area contributed by atoms with Crippen molar-refractivity contribution in [3.8, 4) is 0 Å². The van der Waals surface area contributed by atoms with Gasteiger partial charge in [0.25, 0.3) is 0 Å². The molecular weight excluding hydrogens is 156 g/mol. The molecule has 5 nitrogen and oxygen atoms in total. The fourth-order valence-electron chi connectivity index (χ4n) is 0.656. The average molecular weight is 166 g/mol. The second-order valence-electron chi connectivity index (χ2n) is 2.13. The first-order valence-corrected chi connectivity index (χ1v) is 3.41. The molecule has 12 heavy (non-hydrogen) atoms. The molecule has 0 radical (unpaired) electrons. The van der Waals surface area contributed by atoms with Crippen molar-refractivity contribution in [2.45, 2.75) is 0 Å². The second kappa shape index (κ2) is 4.27. The molecule has 0 fully saturated rings. The molecule has 0 spiro atoms. The molecule has 0 aromatic carbocycles. The van der Waals surface area contributed by atoms with E-state index in [4.69, 9.17) is 4.42 Å². The summed E-state index contributed by atoms with van der Waals surface area (Å²) in [5, 5.41) is 7.20. The van der Waals surface area contributed by atoms with E-state index in [2.05, 4.69) is 15.2 Å². The van der Waals surface area contributed by atoms with Gasteiger partial charge in [0.1, 0.15) is 0 Å². The summed E-state index contributed by atoms with van der Waals surface area (Å²) in [6, 6.07) is 0. The smallest absolute Gasteiger partial charge is 0.241 e. The monoisotopic (exact) mass is 166 g/mol. The zero-order chi connectivity index (χ0) is 8.81. The van der Waals surface area contributed by atoms with Crippen LogP contribution >= 0.6 is 0 Å². The van der Waals surface area contributed by atoms with Crippen LogP contribution in [0, 0.1) is 0 Å². The third kappa shape index (κ3) is 2.53. The average Bonchev–Trinajstić information content (AvgIpc) is 2.53. The van der Waals surface area contributed by atoms with Crippen molar-refractivity contribution in [2.24, 2.45) is 4.99 Å². The van der Waals surface area contributed by atoms with Crippen LogP contribution in [0.5, 0.6) is 0 Å². The molecule has 5 heteroatoms. The Kier molecular flexibility index (Phi) is 3.01. The summed E-state index contributed by atoms with van der Waals surface area (Å²) in [7, 11) is 3.57. The van der Waals surface area contributed by atoms with Gasteiger partial charge in [0.2, 0.25) is 12.3 Å². The summed E-state index contributed by atoms with van der Waals surface area (Å²) < 4.78 is 4.88. The maximum atomic E-state index is 4.88. The van der Waals surface area contributed by atoms with Crippen LogP contribution in [0.1, 0.15) is 5.89 Å². The topological polar surface area (TPSA) is 54.5 Å². The predicted octanol–water partition coefficient (Wildman–Crippen LogP) is 0.630. The van der Waals surface area contributed by atoms with Gasteiger partial charge < -0.3 is 9.32 Å². The molecule has 0 bridgehead atoms. The summed E-state index contributed by atoms with van der Waals surface area (Å²) in [6.07, 6.45) is 6.44. The van der Waals surface area contributed by atoms with Crippen LogP contribution in [0.15, 0.2) is 22.0 Å². The standard InChI is InChI=1S/C7H10N4O/c1-8-5-11(2)4-3-7-10-9-6-12-7/h3-6H,1-2H3. The zero-order valence-corrected chi connectivity index (χ0v) is 7.01. The van der Waals surface area contributed by atoms with Gasteiger partial charge in [0.05, 0.1) is 6.34 Å². The normalized spacial score (nSPS) is 11.5. The lowest BCUT2D eigenvalue weighted by Crippen LogP contribution is -2.06. The number of aromatic nitrogens is 2. The van der Waals surface area contributed by atoms with Crippen LogP contribution in [0.2, 0.25) is 0 Å². The Balaban J connectivity index is 2.50. The van der Waals surface area contributed by atoms with Crippen LogP contribution in [-0.2, 0) is 0 Å². The lowest BCUT2D eigenvalue weighted by atomic mass is 10.6. The molecule has 1 heterocycles. The van der Waals surface area contributed by atoms with E-state index in [0.717, 1.165) is 0 Å². The van der Waals surface area contributed by atoms with Crippen LogP contribution in [0.3, 0.4) is 0 Å². The highest BCUT2D eigenvalue weighted by Crippen LogP contribution is 1.94. The van der Waals surface area contributed by atoms with Crippen molar-refractivity contribution in [1.29, 1.82) is 0 Å². The molecule has 0 N–H and O–H groups in total. The molecule has 0 saturated heterocycles. The number of nitrogens with zero attached hydrogens (tertiary/aromatic N) is 4. The third-order valence-corrected chi connectivity index (χ3v) is 1.13. The van der Waals surface area contributed by atoms with Gasteiger partial charge in [-0.15, -0.1) is 10.2 Å². The highest BCUT2D eigenvalue weighted by Gasteiger charge is 1.90. The predicted molar refractivity (Wildman–Crippen MR) is 45.5 cm³/mol. The van der Waals surface area contributed by atoms with Gasteiger partial charge in [-0.2, -0.15) is 0 Å². The van der Waals surface area contributed by atoms with E-state index in [1.807, 2.05) is 7.05 Å². The van der Waals surface area contributed by atoms with Crippen molar-refractivity contribution < 1.29 is 4.42 Å². The first-order chi connectivity index (χ1) is 5.83. The highest BCUT2D eigenvalue weighted by molar-refractivity contribution is 5.57. The fourth-order valence-corrected chi connectivity index (χ4v) is 0.656. The number of hydrogen-bond acceptors (Lipinski definition) is 4. The fraction of sp³-hybridized carbons (Fsp3) is 0.286. The molecule has 0 saturated carbocycles. The molecule has 0 aliphatic rings. The van der Waals surface area contributed by atoms with E-state index < -0.39 is 0 Å². The van der Waals surface area contributed by atoms with Gasteiger partial charge >= 0.3 is 0 Å². The van der Waals surface area contributed by atoms with E-state index in [-0.39, 0.29) is 0 Å². The summed E-state index contributed by atoms with van der Waals surface area (Å²) in [5.74, 6) is 0.478. The summed E-state index contributed by atoms with van der Waals surface area (Å²) >= 11 is 0. The summed E-state index contributed by atoms with van der Waals surface area (Å²) in [6.45, 7) is 0. The van der Waals surface area contributed by atoms with E-state index in [1.165, 1.54) is 6.39 Å². The summed E-state index contributed by atoms with van der Waals surface area (Å²) in [4.78, 5) is 5.60. The van der Waals surface area contributed by atoms with Gasteiger partial charge in [-0.25, -0.2) is 0 Å². The Bertz CT molecular complexity index is 265.